The molecule has 140 valence electrons. The van der Waals surface area contributed by atoms with Gasteiger partial charge >= 0.3 is 0 Å². The Morgan fingerprint density at radius 1 is 1.35 bits per heavy atom. The zero-order chi connectivity index (χ0) is 17.6. The van der Waals surface area contributed by atoms with E-state index in [1.165, 1.54) is 17.8 Å². The molecule has 4 unspecified atom stereocenters. The second-order valence-electron chi connectivity index (χ2n) is 7.17. The average molecular weight is 394 g/mol. The number of nitrogens with two attached hydrogens (primary N) is 1. The minimum absolute atomic E-state index is 0. The van der Waals surface area contributed by atoms with Crippen LogP contribution in [-0.2, 0) is 4.79 Å². The Bertz CT molecular complexity index is 808. The van der Waals surface area contributed by atoms with Gasteiger partial charge in [-0.1, -0.05) is 11.6 Å². The molecule has 1 amide bonds. The fraction of sp³-hybridized carbons (Fsp3) is 0.474. The van der Waals surface area contributed by atoms with Crippen LogP contribution in [0.15, 0.2) is 23.6 Å². The Labute approximate surface area is 163 Å². The number of halogens is 1. The second-order valence-corrected chi connectivity index (χ2v) is 8.03. The molecule has 2 bridgehead atoms. The third-order valence-corrected chi connectivity index (χ3v) is 6.41. The number of fused-ring (bicyclic) bond motifs is 2. The van der Waals surface area contributed by atoms with Gasteiger partial charge in [-0.15, -0.1) is 23.7 Å². The van der Waals surface area contributed by atoms with Gasteiger partial charge in [0.2, 0.25) is 5.91 Å². The summed E-state index contributed by atoms with van der Waals surface area (Å²) in [5, 5.41) is 5.56. The fourth-order valence-electron chi connectivity index (χ4n) is 4.39. The van der Waals surface area contributed by atoms with E-state index < -0.39 is 0 Å². The summed E-state index contributed by atoms with van der Waals surface area (Å²) in [6, 6.07) is 5.99. The monoisotopic (exact) mass is 393 g/mol. The lowest BCUT2D eigenvalue weighted by molar-refractivity contribution is -0.121. The first-order valence-corrected chi connectivity index (χ1v) is 9.61. The van der Waals surface area contributed by atoms with Crippen molar-refractivity contribution in [1.82, 2.24) is 4.98 Å². The Morgan fingerprint density at radius 3 is 2.81 bits per heavy atom. The highest BCUT2D eigenvalue weighted by molar-refractivity contribution is 7.14. The molecule has 4 atom stereocenters. The fourth-order valence-corrected chi connectivity index (χ4v) is 5.10. The van der Waals surface area contributed by atoms with E-state index in [1.807, 2.05) is 30.5 Å². The van der Waals surface area contributed by atoms with Crippen molar-refractivity contribution in [2.75, 3.05) is 12.4 Å². The standard InChI is InChI=1S/C19H23N3O2S.ClH/c1-10-3-6-15(24-2)13(7-10)14-9-25-19(21-14)22-18(23)16-11-4-5-12(8-11)17(16)20;/h3,6-7,9,11-12,16-17H,4-5,8,20H2,1-2H3,(H,21,22,23);1H. The molecule has 26 heavy (non-hydrogen) atoms. The molecule has 1 aromatic heterocycles. The molecule has 2 saturated carbocycles. The average Bonchev–Trinajstić information content (AvgIpc) is 3.30. The number of hydrogen-bond acceptors (Lipinski definition) is 5. The van der Waals surface area contributed by atoms with Crippen molar-refractivity contribution in [1.29, 1.82) is 0 Å². The Kier molecular flexibility index (Phi) is 5.55. The smallest absolute Gasteiger partial charge is 0.231 e. The number of nitrogens with one attached hydrogen (secondary N) is 1. The number of carbonyl (C=O) groups excluding carboxylic acids is 1. The van der Waals surface area contributed by atoms with Gasteiger partial charge in [0.15, 0.2) is 5.13 Å². The summed E-state index contributed by atoms with van der Waals surface area (Å²) in [5.74, 6) is 1.70. The van der Waals surface area contributed by atoms with Gasteiger partial charge in [0.05, 0.1) is 18.7 Å². The molecular formula is C19H24ClN3O2S. The van der Waals surface area contributed by atoms with E-state index in [0.29, 0.717) is 17.0 Å². The Morgan fingerprint density at radius 2 is 2.12 bits per heavy atom. The van der Waals surface area contributed by atoms with E-state index in [2.05, 4.69) is 10.3 Å². The number of aryl methyl sites for hydroxylation is 1. The first-order valence-electron chi connectivity index (χ1n) is 8.74. The number of hydrogen-bond donors (Lipinski definition) is 2. The molecule has 2 aliphatic carbocycles. The predicted octanol–water partition coefficient (Wildman–Crippen LogP) is 3.86. The number of anilines is 1. The van der Waals surface area contributed by atoms with E-state index in [9.17, 15) is 4.79 Å². The van der Waals surface area contributed by atoms with Crippen LogP contribution in [0.4, 0.5) is 5.13 Å². The van der Waals surface area contributed by atoms with Crippen LogP contribution in [-0.4, -0.2) is 24.0 Å². The number of aromatic nitrogens is 1. The van der Waals surface area contributed by atoms with Gasteiger partial charge in [0.25, 0.3) is 0 Å². The van der Waals surface area contributed by atoms with Gasteiger partial charge in [-0.25, -0.2) is 4.98 Å². The van der Waals surface area contributed by atoms with Crippen molar-refractivity contribution >= 4 is 34.8 Å². The molecule has 2 aromatic rings. The minimum Gasteiger partial charge on any atom is -0.496 e. The largest absolute Gasteiger partial charge is 0.496 e. The van der Waals surface area contributed by atoms with Crippen molar-refractivity contribution in [3.8, 4) is 17.0 Å². The van der Waals surface area contributed by atoms with Crippen LogP contribution in [0, 0.1) is 24.7 Å². The maximum absolute atomic E-state index is 12.7. The first-order chi connectivity index (χ1) is 12.1. The van der Waals surface area contributed by atoms with Crippen LogP contribution in [0.1, 0.15) is 24.8 Å². The first kappa shape index (κ1) is 19.1. The van der Waals surface area contributed by atoms with Crippen molar-refractivity contribution in [2.45, 2.75) is 32.2 Å². The molecule has 0 spiro atoms. The molecule has 2 fully saturated rings. The number of thiazole rings is 1. The number of methoxy groups -OCH3 is 1. The van der Waals surface area contributed by atoms with Crippen molar-refractivity contribution in [2.24, 2.45) is 23.5 Å². The second kappa shape index (κ2) is 7.55. The number of benzene rings is 1. The van der Waals surface area contributed by atoms with Crippen LogP contribution in [0.2, 0.25) is 0 Å². The summed E-state index contributed by atoms with van der Waals surface area (Å²) in [6.45, 7) is 2.04. The van der Waals surface area contributed by atoms with E-state index >= 15 is 0 Å². The number of ether oxygens (including phenoxy) is 1. The summed E-state index contributed by atoms with van der Waals surface area (Å²) in [7, 11) is 1.65. The summed E-state index contributed by atoms with van der Waals surface area (Å²) < 4.78 is 5.43. The van der Waals surface area contributed by atoms with Gasteiger partial charge in [-0.2, -0.15) is 0 Å². The highest BCUT2D eigenvalue weighted by Gasteiger charge is 2.49. The van der Waals surface area contributed by atoms with Crippen LogP contribution >= 0.6 is 23.7 Å². The van der Waals surface area contributed by atoms with Gasteiger partial charge in [-0.3, -0.25) is 4.79 Å². The molecule has 0 saturated heterocycles. The maximum atomic E-state index is 12.7. The Hall–Kier alpha value is -1.63. The van der Waals surface area contributed by atoms with Gasteiger partial charge in [-0.05, 0) is 50.2 Å². The highest BCUT2D eigenvalue weighted by atomic mass is 35.5. The van der Waals surface area contributed by atoms with Gasteiger partial charge < -0.3 is 15.8 Å². The number of nitrogens with zero attached hydrogens (tertiary/aromatic N) is 1. The zero-order valence-electron chi connectivity index (χ0n) is 14.9. The van der Waals surface area contributed by atoms with Crippen LogP contribution in [0.5, 0.6) is 5.75 Å². The molecule has 7 heteroatoms. The third kappa shape index (κ3) is 3.33. The molecule has 0 radical (unpaired) electrons. The highest BCUT2D eigenvalue weighted by Crippen LogP contribution is 2.48. The normalized spacial score (nSPS) is 26.4. The van der Waals surface area contributed by atoms with E-state index in [0.717, 1.165) is 35.4 Å². The lowest BCUT2D eigenvalue weighted by Gasteiger charge is -2.26. The van der Waals surface area contributed by atoms with Crippen molar-refractivity contribution in [3.63, 3.8) is 0 Å². The molecule has 1 heterocycles. The molecule has 1 aromatic carbocycles. The van der Waals surface area contributed by atoms with Crippen molar-refractivity contribution < 1.29 is 9.53 Å². The topological polar surface area (TPSA) is 77.2 Å². The van der Waals surface area contributed by atoms with Crippen molar-refractivity contribution in [3.05, 3.63) is 29.1 Å². The molecule has 0 aliphatic heterocycles. The molecular weight excluding hydrogens is 370 g/mol. The number of rotatable bonds is 4. The zero-order valence-corrected chi connectivity index (χ0v) is 16.5. The molecule has 2 aliphatic rings. The van der Waals surface area contributed by atoms with E-state index in [4.69, 9.17) is 10.5 Å². The molecule has 5 nitrogen and oxygen atoms in total. The minimum atomic E-state index is -0.0698. The summed E-state index contributed by atoms with van der Waals surface area (Å²) in [6.07, 6.45) is 3.40. The van der Waals surface area contributed by atoms with Gasteiger partial charge in [0.1, 0.15) is 5.75 Å². The lowest BCUT2D eigenvalue weighted by atomic mass is 9.84. The van der Waals surface area contributed by atoms with Crippen LogP contribution in [0.25, 0.3) is 11.3 Å². The number of carbonyl (C=O) groups is 1. The molecule has 3 N–H and O–H groups in total. The van der Waals surface area contributed by atoms with E-state index in [-0.39, 0.29) is 30.3 Å². The predicted molar refractivity (Wildman–Crippen MR) is 107 cm³/mol. The van der Waals surface area contributed by atoms with Crippen LogP contribution < -0.4 is 15.8 Å². The number of amides is 1. The van der Waals surface area contributed by atoms with E-state index in [1.54, 1.807) is 7.11 Å². The summed E-state index contributed by atoms with van der Waals surface area (Å²) in [5.41, 5.74) is 9.17. The molecule has 4 rings (SSSR count). The van der Waals surface area contributed by atoms with Gasteiger partial charge in [0, 0.05) is 17.0 Å². The van der Waals surface area contributed by atoms with Crippen LogP contribution in [0.3, 0.4) is 0 Å². The third-order valence-electron chi connectivity index (χ3n) is 5.65. The summed E-state index contributed by atoms with van der Waals surface area (Å²) in [4.78, 5) is 17.3. The maximum Gasteiger partial charge on any atom is 0.231 e. The SMILES string of the molecule is COc1ccc(C)cc1-c1csc(NC(=O)C2C3CCC(C3)C2N)n1.Cl. The summed E-state index contributed by atoms with van der Waals surface area (Å²) >= 11 is 1.44. The quantitative estimate of drug-likeness (QED) is 0.826. The Balaban J connectivity index is 0.00000196. The lowest BCUT2D eigenvalue weighted by Crippen LogP contribution is -2.42.